The number of nitrogens with one attached hydrogen (secondary N) is 1. The summed E-state index contributed by atoms with van der Waals surface area (Å²) in [6.07, 6.45) is 0.327. The lowest BCUT2D eigenvalue weighted by molar-refractivity contribution is -0.122. The predicted molar refractivity (Wildman–Crippen MR) is 76.5 cm³/mol. The van der Waals surface area contributed by atoms with Gasteiger partial charge in [-0.2, -0.15) is 0 Å². The second-order valence-corrected chi connectivity index (χ2v) is 6.14. The highest BCUT2D eigenvalue weighted by Gasteiger charge is 2.23. The van der Waals surface area contributed by atoms with Crippen LogP contribution in [-0.4, -0.2) is 18.7 Å². The number of fused-ring (bicyclic) bond motifs is 1. The minimum absolute atomic E-state index is 0.0370. The number of carbonyl (C=O) groups excluding carboxylic acids is 1. The van der Waals surface area contributed by atoms with Crippen LogP contribution in [0.5, 0.6) is 11.5 Å². The van der Waals surface area contributed by atoms with Crippen LogP contribution in [0.3, 0.4) is 0 Å². The van der Waals surface area contributed by atoms with Crippen molar-refractivity contribution in [1.82, 2.24) is 5.32 Å². The summed E-state index contributed by atoms with van der Waals surface area (Å²) in [4.78, 5) is 11.9. The van der Waals surface area contributed by atoms with E-state index in [0.717, 1.165) is 17.1 Å². The van der Waals surface area contributed by atoms with Gasteiger partial charge in [-0.05, 0) is 23.1 Å². The van der Waals surface area contributed by atoms with Crippen LogP contribution < -0.4 is 20.5 Å². The Hall–Kier alpha value is -1.75. The number of rotatable bonds is 4. The maximum atomic E-state index is 11.9. The lowest BCUT2D eigenvalue weighted by Crippen LogP contribution is -2.40. The zero-order chi connectivity index (χ0) is 14.8. The zero-order valence-electron chi connectivity index (χ0n) is 12.2. The SMILES string of the molecule is CC(C)(C)C(N)CC(=O)NCc1ccc2c(c1)OCO2. The van der Waals surface area contributed by atoms with Crippen LogP contribution in [0, 0.1) is 5.41 Å². The average molecular weight is 278 g/mol. The number of amides is 1. The molecule has 0 fully saturated rings. The van der Waals surface area contributed by atoms with E-state index in [1.54, 1.807) is 0 Å². The Labute approximate surface area is 119 Å². The zero-order valence-corrected chi connectivity index (χ0v) is 12.2. The molecule has 1 atom stereocenters. The molecule has 1 aromatic carbocycles. The number of nitrogens with two attached hydrogens (primary N) is 1. The van der Waals surface area contributed by atoms with E-state index in [1.807, 2.05) is 39.0 Å². The van der Waals surface area contributed by atoms with Gasteiger partial charge in [0.05, 0.1) is 0 Å². The van der Waals surface area contributed by atoms with E-state index in [0.29, 0.717) is 13.0 Å². The molecule has 5 nitrogen and oxygen atoms in total. The van der Waals surface area contributed by atoms with Crippen LogP contribution >= 0.6 is 0 Å². The molecule has 0 saturated heterocycles. The Morgan fingerprint density at radius 2 is 2.05 bits per heavy atom. The summed E-state index contributed by atoms with van der Waals surface area (Å²) >= 11 is 0. The second-order valence-electron chi connectivity index (χ2n) is 6.14. The highest BCUT2D eigenvalue weighted by molar-refractivity contribution is 5.76. The van der Waals surface area contributed by atoms with Gasteiger partial charge >= 0.3 is 0 Å². The van der Waals surface area contributed by atoms with Crippen LogP contribution in [0.25, 0.3) is 0 Å². The van der Waals surface area contributed by atoms with Crippen LogP contribution in [0.1, 0.15) is 32.8 Å². The highest BCUT2D eigenvalue weighted by Crippen LogP contribution is 2.32. The van der Waals surface area contributed by atoms with Gasteiger partial charge in [-0.25, -0.2) is 0 Å². The molecule has 1 aliphatic rings. The normalized spacial score (nSPS) is 15.0. The molecular weight excluding hydrogens is 256 g/mol. The number of hydrogen-bond donors (Lipinski definition) is 2. The van der Waals surface area contributed by atoms with E-state index < -0.39 is 0 Å². The van der Waals surface area contributed by atoms with Gasteiger partial charge < -0.3 is 20.5 Å². The van der Waals surface area contributed by atoms with E-state index in [2.05, 4.69) is 5.32 Å². The highest BCUT2D eigenvalue weighted by atomic mass is 16.7. The molecule has 3 N–H and O–H groups in total. The van der Waals surface area contributed by atoms with Gasteiger partial charge in [-0.1, -0.05) is 26.8 Å². The smallest absolute Gasteiger partial charge is 0.231 e. The quantitative estimate of drug-likeness (QED) is 0.880. The summed E-state index contributed by atoms with van der Waals surface area (Å²) in [6.45, 7) is 6.81. The Morgan fingerprint density at radius 1 is 1.35 bits per heavy atom. The van der Waals surface area contributed by atoms with Gasteiger partial charge in [0, 0.05) is 19.0 Å². The van der Waals surface area contributed by atoms with Crippen molar-refractivity contribution < 1.29 is 14.3 Å². The summed E-state index contributed by atoms with van der Waals surface area (Å²) in [5.74, 6) is 1.43. The Bertz CT molecular complexity index is 494. The minimum Gasteiger partial charge on any atom is -0.454 e. The molecular formula is C15H22N2O3. The van der Waals surface area contributed by atoms with E-state index in [1.165, 1.54) is 0 Å². The van der Waals surface area contributed by atoms with Gasteiger partial charge in [0.25, 0.3) is 0 Å². The summed E-state index contributed by atoms with van der Waals surface area (Å²) in [5.41, 5.74) is 6.90. The summed E-state index contributed by atoms with van der Waals surface area (Å²) in [6, 6.07) is 5.49. The Morgan fingerprint density at radius 3 is 2.75 bits per heavy atom. The molecule has 0 aliphatic carbocycles. The molecule has 0 spiro atoms. The number of hydrogen-bond acceptors (Lipinski definition) is 4. The molecule has 2 rings (SSSR count). The van der Waals surface area contributed by atoms with Gasteiger partial charge in [-0.3, -0.25) is 4.79 Å². The first-order chi connectivity index (χ1) is 9.36. The molecule has 1 aromatic rings. The topological polar surface area (TPSA) is 73.6 Å². The van der Waals surface area contributed by atoms with Crippen molar-refractivity contribution in [3.05, 3.63) is 23.8 Å². The van der Waals surface area contributed by atoms with Gasteiger partial charge in [-0.15, -0.1) is 0 Å². The number of ether oxygens (including phenoxy) is 2. The van der Waals surface area contributed by atoms with E-state index in [9.17, 15) is 4.79 Å². The fourth-order valence-electron chi connectivity index (χ4n) is 1.83. The van der Waals surface area contributed by atoms with Crippen molar-refractivity contribution in [2.45, 2.75) is 39.8 Å². The van der Waals surface area contributed by atoms with Gasteiger partial charge in [0.15, 0.2) is 11.5 Å². The van der Waals surface area contributed by atoms with Crippen molar-refractivity contribution >= 4 is 5.91 Å². The van der Waals surface area contributed by atoms with Crippen molar-refractivity contribution in [3.8, 4) is 11.5 Å². The molecule has 110 valence electrons. The first-order valence-electron chi connectivity index (χ1n) is 6.77. The molecule has 0 saturated carbocycles. The first-order valence-corrected chi connectivity index (χ1v) is 6.77. The molecule has 0 bridgehead atoms. The van der Waals surface area contributed by atoms with E-state index in [4.69, 9.17) is 15.2 Å². The molecule has 5 heteroatoms. The monoisotopic (exact) mass is 278 g/mol. The minimum atomic E-state index is -0.153. The maximum Gasteiger partial charge on any atom is 0.231 e. The largest absolute Gasteiger partial charge is 0.454 e. The van der Waals surface area contributed by atoms with Crippen LogP contribution in [-0.2, 0) is 11.3 Å². The van der Waals surface area contributed by atoms with Crippen LogP contribution in [0.2, 0.25) is 0 Å². The van der Waals surface area contributed by atoms with Crippen molar-refractivity contribution in [2.75, 3.05) is 6.79 Å². The second kappa shape index (κ2) is 5.71. The van der Waals surface area contributed by atoms with Gasteiger partial charge in [0.2, 0.25) is 12.7 Å². The first kappa shape index (κ1) is 14.7. The predicted octanol–water partition coefficient (Wildman–Crippen LogP) is 1.79. The van der Waals surface area contributed by atoms with Crippen molar-refractivity contribution in [1.29, 1.82) is 0 Å². The standard InChI is InChI=1S/C15H22N2O3/c1-15(2,3)13(16)7-14(18)17-8-10-4-5-11-12(6-10)20-9-19-11/h4-6,13H,7-9,16H2,1-3H3,(H,17,18). The average Bonchev–Trinajstić information content (AvgIpc) is 2.82. The Kier molecular flexibility index (Phi) is 4.18. The summed E-state index contributed by atoms with van der Waals surface area (Å²) in [5, 5.41) is 2.88. The molecule has 1 unspecified atom stereocenters. The molecule has 1 amide bonds. The lowest BCUT2D eigenvalue weighted by atomic mass is 9.85. The molecule has 0 aromatic heterocycles. The van der Waals surface area contributed by atoms with Crippen LogP contribution in [0.15, 0.2) is 18.2 Å². The molecule has 0 radical (unpaired) electrons. The Balaban J connectivity index is 1.85. The third-order valence-corrected chi connectivity index (χ3v) is 3.44. The molecule has 1 aliphatic heterocycles. The van der Waals surface area contributed by atoms with E-state index >= 15 is 0 Å². The summed E-state index contributed by atoms with van der Waals surface area (Å²) in [7, 11) is 0. The van der Waals surface area contributed by atoms with E-state index in [-0.39, 0.29) is 24.2 Å². The fraction of sp³-hybridized carbons (Fsp3) is 0.533. The summed E-state index contributed by atoms with van der Waals surface area (Å²) < 4.78 is 10.5. The van der Waals surface area contributed by atoms with Crippen LogP contribution in [0.4, 0.5) is 0 Å². The maximum absolute atomic E-state index is 11.9. The number of carbonyl (C=O) groups is 1. The molecule has 20 heavy (non-hydrogen) atoms. The third kappa shape index (κ3) is 3.63. The third-order valence-electron chi connectivity index (χ3n) is 3.44. The lowest BCUT2D eigenvalue weighted by Gasteiger charge is -2.26. The fourth-order valence-corrected chi connectivity index (χ4v) is 1.83. The van der Waals surface area contributed by atoms with Crippen molar-refractivity contribution in [3.63, 3.8) is 0 Å². The molecule has 1 heterocycles. The number of benzene rings is 1. The van der Waals surface area contributed by atoms with Crippen molar-refractivity contribution in [2.24, 2.45) is 11.1 Å². The van der Waals surface area contributed by atoms with Gasteiger partial charge in [0.1, 0.15) is 0 Å².